The molecule has 3 rings (SSSR count). The van der Waals surface area contributed by atoms with E-state index in [0.29, 0.717) is 36.8 Å². The Labute approximate surface area is 139 Å². The van der Waals surface area contributed by atoms with Gasteiger partial charge < -0.3 is 4.90 Å². The second-order valence-electron chi connectivity index (χ2n) is 6.10. The number of sulfone groups is 1. The third-order valence-electron chi connectivity index (χ3n) is 4.44. The molecule has 2 aromatic rings. The molecule has 8 heteroatoms. The summed E-state index contributed by atoms with van der Waals surface area (Å²) in [6.45, 7) is 0.707. The number of benzene rings is 1. The molecule has 1 aromatic carbocycles. The number of rotatable bonds is 3. The van der Waals surface area contributed by atoms with Crippen LogP contribution in [-0.2, 0) is 21.2 Å². The van der Waals surface area contributed by atoms with Gasteiger partial charge in [-0.25, -0.2) is 13.4 Å². The first-order valence-corrected chi connectivity index (χ1v) is 9.72. The maximum absolute atomic E-state index is 12.4. The monoisotopic (exact) mass is 349 g/mol. The van der Waals surface area contributed by atoms with Crippen molar-refractivity contribution in [2.75, 3.05) is 19.3 Å². The SMILES string of the molecule is CS(=O)(=O)C1CCN(C(=O)Cn2cnc3ccccc3c2=O)CC1. The van der Waals surface area contributed by atoms with E-state index in [9.17, 15) is 18.0 Å². The number of nitrogens with zero attached hydrogens (tertiary/aromatic N) is 3. The largest absolute Gasteiger partial charge is 0.341 e. The van der Waals surface area contributed by atoms with E-state index in [2.05, 4.69) is 4.98 Å². The van der Waals surface area contributed by atoms with E-state index in [1.165, 1.54) is 17.2 Å². The van der Waals surface area contributed by atoms with Crippen LogP contribution in [0.5, 0.6) is 0 Å². The van der Waals surface area contributed by atoms with Crippen molar-refractivity contribution in [3.8, 4) is 0 Å². The summed E-state index contributed by atoms with van der Waals surface area (Å²) >= 11 is 0. The predicted octanol–water partition coefficient (Wildman–Crippen LogP) is 0.432. The number of piperidine rings is 1. The molecule has 2 heterocycles. The smallest absolute Gasteiger partial charge is 0.261 e. The van der Waals surface area contributed by atoms with Crippen LogP contribution in [0.3, 0.4) is 0 Å². The summed E-state index contributed by atoms with van der Waals surface area (Å²) in [6.07, 6.45) is 3.49. The molecule has 1 fully saturated rings. The lowest BCUT2D eigenvalue weighted by Crippen LogP contribution is -2.44. The summed E-state index contributed by atoms with van der Waals surface area (Å²) in [5, 5.41) is 0.0928. The van der Waals surface area contributed by atoms with Gasteiger partial charge >= 0.3 is 0 Å². The highest BCUT2D eigenvalue weighted by Crippen LogP contribution is 2.17. The van der Waals surface area contributed by atoms with Crippen molar-refractivity contribution in [1.29, 1.82) is 0 Å². The van der Waals surface area contributed by atoms with Crippen LogP contribution in [0.4, 0.5) is 0 Å². The number of carbonyl (C=O) groups is 1. The van der Waals surface area contributed by atoms with E-state index < -0.39 is 9.84 Å². The number of aromatic nitrogens is 2. The van der Waals surface area contributed by atoms with E-state index in [-0.39, 0.29) is 23.3 Å². The van der Waals surface area contributed by atoms with Crippen LogP contribution < -0.4 is 5.56 Å². The Balaban J connectivity index is 1.72. The number of hydrogen-bond acceptors (Lipinski definition) is 5. The maximum atomic E-state index is 12.4. The van der Waals surface area contributed by atoms with Crippen molar-refractivity contribution in [2.45, 2.75) is 24.6 Å². The van der Waals surface area contributed by atoms with E-state index >= 15 is 0 Å². The summed E-state index contributed by atoms with van der Waals surface area (Å²) < 4.78 is 24.4. The number of hydrogen-bond donors (Lipinski definition) is 0. The zero-order valence-corrected chi connectivity index (χ0v) is 14.2. The minimum atomic E-state index is -3.07. The van der Waals surface area contributed by atoms with E-state index in [1.54, 1.807) is 29.2 Å². The average molecular weight is 349 g/mol. The van der Waals surface area contributed by atoms with Crippen LogP contribution in [-0.4, -0.2) is 53.4 Å². The molecule has 0 spiro atoms. The average Bonchev–Trinajstić information content (AvgIpc) is 2.57. The molecule has 7 nitrogen and oxygen atoms in total. The number of carbonyl (C=O) groups excluding carboxylic acids is 1. The quantitative estimate of drug-likeness (QED) is 0.802. The Bertz CT molecular complexity index is 928. The van der Waals surface area contributed by atoms with Gasteiger partial charge in [0.25, 0.3) is 5.56 Å². The fraction of sp³-hybridized carbons (Fsp3) is 0.438. The molecular weight excluding hydrogens is 330 g/mol. The Morgan fingerprint density at radius 1 is 1.25 bits per heavy atom. The zero-order valence-electron chi connectivity index (χ0n) is 13.4. The highest BCUT2D eigenvalue weighted by Gasteiger charge is 2.28. The van der Waals surface area contributed by atoms with E-state index in [4.69, 9.17) is 0 Å². The number of likely N-dealkylation sites (tertiary alicyclic amines) is 1. The first-order valence-electron chi connectivity index (χ1n) is 7.77. The third-order valence-corrected chi connectivity index (χ3v) is 6.12. The summed E-state index contributed by atoms with van der Waals surface area (Å²) in [6, 6.07) is 6.99. The lowest BCUT2D eigenvalue weighted by molar-refractivity contribution is -0.132. The number of amides is 1. The Morgan fingerprint density at radius 2 is 1.92 bits per heavy atom. The van der Waals surface area contributed by atoms with Gasteiger partial charge in [-0.2, -0.15) is 0 Å². The molecule has 1 saturated heterocycles. The fourth-order valence-electron chi connectivity index (χ4n) is 3.00. The molecule has 1 aliphatic rings. The molecule has 0 aliphatic carbocycles. The highest BCUT2D eigenvalue weighted by atomic mass is 32.2. The molecule has 0 saturated carbocycles. The normalized spacial score (nSPS) is 16.5. The van der Waals surface area contributed by atoms with Gasteiger partial charge in [0.15, 0.2) is 0 Å². The molecule has 128 valence electrons. The third kappa shape index (κ3) is 3.33. The van der Waals surface area contributed by atoms with Gasteiger partial charge in [-0.05, 0) is 25.0 Å². The lowest BCUT2D eigenvalue weighted by Gasteiger charge is -2.31. The molecule has 1 amide bonds. The summed E-state index contributed by atoms with van der Waals surface area (Å²) in [7, 11) is -3.07. The van der Waals surface area contributed by atoms with Crippen molar-refractivity contribution in [2.24, 2.45) is 0 Å². The van der Waals surface area contributed by atoms with Crippen molar-refractivity contribution >= 4 is 26.6 Å². The zero-order chi connectivity index (χ0) is 17.3. The van der Waals surface area contributed by atoms with Gasteiger partial charge in [-0.3, -0.25) is 14.2 Å². The molecule has 0 atom stereocenters. The van der Waals surface area contributed by atoms with Crippen molar-refractivity contribution in [1.82, 2.24) is 14.5 Å². The standard InChI is InChI=1S/C16H19N3O4S/c1-24(22,23)12-6-8-18(9-7-12)15(20)10-19-11-17-14-5-3-2-4-13(14)16(19)21/h2-5,11-12H,6-10H2,1H3. The van der Waals surface area contributed by atoms with Gasteiger partial charge in [0.05, 0.1) is 22.5 Å². The number of fused-ring (bicyclic) bond motifs is 1. The van der Waals surface area contributed by atoms with Crippen LogP contribution in [0, 0.1) is 0 Å². The molecule has 24 heavy (non-hydrogen) atoms. The second-order valence-corrected chi connectivity index (χ2v) is 8.43. The Kier molecular flexibility index (Phi) is 4.40. The van der Waals surface area contributed by atoms with E-state index in [0.717, 1.165) is 0 Å². The van der Waals surface area contributed by atoms with Crippen LogP contribution in [0.2, 0.25) is 0 Å². The van der Waals surface area contributed by atoms with Crippen molar-refractivity contribution in [3.05, 3.63) is 40.9 Å². The topological polar surface area (TPSA) is 89.3 Å². The lowest BCUT2D eigenvalue weighted by atomic mass is 10.1. The van der Waals surface area contributed by atoms with Gasteiger partial charge in [0, 0.05) is 19.3 Å². The maximum Gasteiger partial charge on any atom is 0.261 e. The van der Waals surface area contributed by atoms with Crippen LogP contribution in [0.25, 0.3) is 10.9 Å². The molecule has 0 N–H and O–H groups in total. The summed E-state index contributed by atoms with van der Waals surface area (Å²) in [4.78, 5) is 30.6. The summed E-state index contributed by atoms with van der Waals surface area (Å²) in [5.74, 6) is -0.193. The Morgan fingerprint density at radius 3 is 2.58 bits per heavy atom. The molecule has 1 aliphatic heterocycles. The molecule has 0 bridgehead atoms. The first-order chi connectivity index (χ1) is 11.4. The second kappa shape index (κ2) is 6.35. The van der Waals surface area contributed by atoms with Crippen LogP contribution >= 0.6 is 0 Å². The first kappa shape index (κ1) is 16.6. The van der Waals surface area contributed by atoms with E-state index in [1.807, 2.05) is 0 Å². The highest BCUT2D eigenvalue weighted by molar-refractivity contribution is 7.91. The molecule has 0 radical (unpaired) electrons. The molecule has 0 unspecified atom stereocenters. The minimum absolute atomic E-state index is 0.0831. The van der Waals surface area contributed by atoms with Crippen molar-refractivity contribution in [3.63, 3.8) is 0 Å². The fourth-order valence-corrected chi connectivity index (χ4v) is 4.06. The van der Waals surface area contributed by atoms with Gasteiger partial charge in [0.1, 0.15) is 16.4 Å². The van der Waals surface area contributed by atoms with Crippen LogP contribution in [0.1, 0.15) is 12.8 Å². The van der Waals surface area contributed by atoms with Gasteiger partial charge in [-0.15, -0.1) is 0 Å². The van der Waals surface area contributed by atoms with Gasteiger partial charge in [-0.1, -0.05) is 12.1 Å². The molecule has 1 aromatic heterocycles. The van der Waals surface area contributed by atoms with Crippen molar-refractivity contribution < 1.29 is 13.2 Å². The summed E-state index contributed by atoms with van der Waals surface area (Å²) in [5.41, 5.74) is 0.347. The Hall–Kier alpha value is -2.22. The predicted molar refractivity (Wildman–Crippen MR) is 90.4 cm³/mol. The van der Waals surface area contributed by atoms with Crippen LogP contribution in [0.15, 0.2) is 35.4 Å². The number of para-hydroxylation sites is 1. The molecular formula is C16H19N3O4S. The van der Waals surface area contributed by atoms with Gasteiger partial charge in [0.2, 0.25) is 5.91 Å². The minimum Gasteiger partial charge on any atom is -0.341 e.